The Morgan fingerprint density at radius 2 is 2.04 bits per heavy atom. The largest absolute Gasteiger partial charge is 0.454 e. The minimum atomic E-state index is -0.425. The summed E-state index contributed by atoms with van der Waals surface area (Å²) in [5.74, 6) is 1.37. The first-order chi connectivity index (χ1) is 13.6. The maximum absolute atomic E-state index is 13.1. The third kappa shape index (κ3) is 2.29. The predicted octanol–water partition coefficient (Wildman–Crippen LogP) is 5.00. The second kappa shape index (κ2) is 6.60. The standard InChI is InChI=1S/C24H30O4/c1-3-5-7-18-16-10-9-15-14-11-12-24(21(15)20(16)23(26)27-18)17(13-14)22(25)28-19(24)8-6-4-2/h8,13-15,18,21H,3-7,9-12H2,1-2H3/b19-8-/t14-,15?,18-,21?,24+/m1/s1. The summed E-state index contributed by atoms with van der Waals surface area (Å²) in [6.45, 7) is 4.31. The van der Waals surface area contributed by atoms with Gasteiger partial charge in [0.25, 0.3) is 0 Å². The molecule has 0 amide bonds. The van der Waals surface area contributed by atoms with Crippen molar-refractivity contribution in [2.75, 3.05) is 0 Å². The zero-order valence-corrected chi connectivity index (χ0v) is 17.0. The number of unbranched alkanes of at least 4 members (excludes halogenated alkanes) is 2. The summed E-state index contributed by atoms with van der Waals surface area (Å²) < 4.78 is 11.7. The Bertz CT molecular complexity index is 816. The second-order valence-corrected chi connectivity index (χ2v) is 9.16. The van der Waals surface area contributed by atoms with Gasteiger partial charge in [-0.3, -0.25) is 0 Å². The fourth-order valence-corrected chi connectivity index (χ4v) is 6.63. The van der Waals surface area contributed by atoms with Gasteiger partial charge in [-0.15, -0.1) is 0 Å². The van der Waals surface area contributed by atoms with Gasteiger partial charge in [0.1, 0.15) is 11.9 Å². The number of allylic oxidation sites excluding steroid dienone is 3. The number of hydrogen-bond acceptors (Lipinski definition) is 4. The molecule has 5 atom stereocenters. The molecule has 0 N–H and O–H groups in total. The van der Waals surface area contributed by atoms with E-state index in [0.717, 1.165) is 74.7 Å². The smallest absolute Gasteiger partial charge is 0.339 e. The maximum atomic E-state index is 13.1. The summed E-state index contributed by atoms with van der Waals surface area (Å²) in [6.07, 6.45) is 13.3. The molecule has 4 aliphatic carbocycles. The van der Waals surface area contributed by atoms with Crippen LogP contribution in [0.1, 0.15) is 71.6 Å². The number of hydrogen-bond donors (Lipinski definition) is 0. The summed E-state index contributed by atoms with van der Waals surface area (Å²) >= 11 is 0. The molecule has 2 aliphatic heterocycles. The predicted molar refractivity (Wildman–Crippen MR) is 105 cm³/mol. The SMILES string of the molecule is CCC/C=C1\OC(=O)C2=C[C@H]3CC[C@]21C1C2=C(CCC13)[C@@H](CCCC)OC2=O. The third-order valence-corrected chi connectivity index (χ3v) is 7.80. The van der Waals surface area contributed by atoms with Gasteiger partial charge in [0.05, 0.1) is 5.41 Å². The lowest BCUT2D eigenvalue weighted by molar-refractivity contribution is -0.141. The van der Waals surface area contributed by atoms with Crippen LogP contribution in [-0.4, -0.2) is 18.0 Å². The van der Waals surface area contributed by atoms with Gasteiger partial charge >= 0.3 is 11.9 Å². The van der Waals surface area contributed by atoms with Crippen molar-refractivity contribution in [1.82, 2.24) is 0 Å². The van der Waals surface area contributed by atoms with Gasteiger partial charge in [0.2, 0.25) is 0 Å². The number of rotatable bonds is 5. The van der Waals surface area contributed by atoms with Gasteiger partial charge in [-0.05, 0) is 68.4 Å². The van der Waals surface area contributed by atoms with Crippen LogP contribution < -0.4 is 0 Å². The van der Waals surface area contributed by atoms with Crippen molar-refractivity contribution in [3.05, 3.63) is 34.6 Å². The summed E-state index contributed by atoms with van der Waals surface area (Å²) in [4.78, 5) is 25.8. The highest BCUT2D eigenvalue weighted by atomic mass is 16.6. The molecule has 6 aliphatic rings. The molecule has 4 heteroatoms. The fraction of sp³-hybridized carbons (Fsp3) is 0.667. The Morgan fingerprint density at radius 3 is 2.82 bits per heavy atom. The van der Waals surface area contributed by atoms with Crippen molar-refractivity contribution in [2.24, 2.45) is 23.2 Å². The molecule has 1 saturated carbocycles. The van der Waals surface area contributed by atoms with Gasteiger partial charge in [-0.1, -0.05) is 32.8 Å². The number of esters is 2. The molecule has 1 saturated heterocycles. The second-order valence-electron chi connectivity index (χ2n) is 9.16. The first kappa shape index (κ1) is 18.2. The molecule has 2 unspecified atom stereocenters. The molecule has 2 bridgehead atoms. The number of carbonyl (C=O) groups is 2. The van der Waals surface area contributed by atoms with Crippen molar-refractivity contribution in [3.8, 4) is 0 Å². The topological polar surface area (TPSA) is 52.6 Å². The van der Waals surface area contributed by atoms with Gasteiger partial charge in [-0.25, -0.2) is 9.59 Å². The third-order valence-electron chi connectivity index (χ3n) is 7.80. The Labute approximate surface area is 167 Å². The number of fused-ring (bicyclic) bond motifs is 1. The molecule has 0 aromatic carbocycles. The summed E-state index contributed by atoms with van der Waals surface area (Å²) in [5.41, 5.74) is 2.54. The minimum absolute atomic E-state index is 0.0474. The molecule has 28 heavy (non-hydrogen) atoms. The highest BCUT2D eigenvalue weighted by molar-refractivity contribution is 5.99. The lowest BCUT2D eigenvalue weighted by Gasteiger charge is -2.54. The van der Waals surface area contributed by atoms with Crippen LogP contribution in [0.5, 0.6) is 0 Å². The van der Waals surface area contributed by atoms with E-state index in [1.807, 2.05) is 0 Å². The molecule has 6 rings (SSSR count). The summed E-state index contributed by atoms with van der Waals surface area (Å²) in [5, 5.41) is 0. The normalized spacial score (nSPS) is 39.5. The highest BCUT2D eigenvalue weighted by Gasteiger charge is 2.66. The molecule has 150 valence electrons. The molecular weight excluding hydrogens is 352 g/mol. The molecule has 4 nitrogen and oxygen atoms in total. The van der Waals surface area contributed by atoms with Crippen LogP contribution in [0.25, 0.3) is 0 Å². The van der Waals surface area contributed by atoms with E-state index in [1.54, 1.807) is 0 Å². The van der Waals surface area contributed by atoms with Crippen LogP contribution in [0.2, 0.25) is 0 Å². The maximum Gasteiger partial charge on any atom is 0.339 e. The van der Waals surface area contributed by atoms with Crippen LogP contribution in [0.3, 0.4) is 0 Å². The van der Waals surface area contributed by atoms with E-state index in [2.05, 4.69) is 26.0 Å². The molecule has 0 radical (unpaired) electrons. The van der Waals surface area contributed by atoms with Gasteiger partial charge in [0, 0.05) is 17.1 Å². The monoisotopic (exact) mass is 382 g/mol. The van der Waals surface area contributed by atoms with E-state index >= 15 is 0 Å². The number of ether oxygens (including phenoxy) is 2. The zero-order chi connectivity index (χ0) is 19.5. The average Bonchev–Trinajstić information content (AvgIpc) is 3.19. The minimum Gasteiger partial charge on any atom is -0.454 e. The van der Waals surface area contributed by atoms with Crippen LogP contribution in [0.15, 0.2) is 34.6 Å². The molecule has 2 heterocycles. The van der Waals surface area contributed by atoms with Crippen molar-refractivity contribution in [3.63, 3.8) is 0 Å². The molecule has 0 aromatic rings. The van der Waals surface area contributed by atoms with E-state index in [-0.39, 0.29) is 24.0 Å². The molecule has 0 aromatic heterocycles. The van der Waals surface area contributed by atoms with Crippen molar-refractivity contribution >= 4 is 11.9 Å². The first-order valence-corrected chi connectivity index (χ1v) is 11.2. The summed E-state index contributed by atoms with van der Waals surface area (Å²) in [6, 6.07) is 0. The Hall–Kier alpha value is -1.84. The number of carbonyl (C=O) groups excluding carboxylic acids is 2. The first-order valence-electron chi connectivity index (χ1n) is 11.2. The van der Waals surface area contributed by atoms with E-state index in [4.69, 9.17) is 9.47 Å². The quantitative estimate of drug-likeness (QED) is 0.628. The Kier molecular flexibility index (Phi) is 4.29. The van der Waals surface area contributed by atoms with Crippen LogP contribution in [0, 0.1) is 23.2 Å². The van der Waals surface area contributed by atoms with Crippen molar-refractivity contribution in [2.45, 2.75) is 77.7 Å². The van der Waals surface area contributed by atoms with Gasteiger partial charge in [0.15, 0.2) is 0 Å². The van der Waals surface area contributed by atoms with E-state index in [9.17, 15) is 9.59 Å². The molecule has 2 fully saturated rings. The van der Waals surface area contributed by atoms with Crippen LogP contribution in [0.4, 0.5) is 0 Å². The van der Waals surface area contributed by atoms with Gasteiger partial charge in [-0.2, -0.15) is 0 Å². The van der Waals surface area contributed by atoms with Crippen LogP contribution >= 0.6 is 0 Å². The van der Waals surface area contributed by atoms with E-state index in [0.29, 0.717) is 11.8 Å². The van der Waals surface area contributed by atoms with Crippen molar-refractivity contribution < 1.29 is 19.1 Å². The van der Waals surface area contributed by atoms with Crippen molar-refractivity contribution in [1.29, 1.82) is 0 Å². The molecule has 1 spiro atoms. The lowest BCUT2D eigenvalue weighted by Crippen LogP contribution is -2.50. The Morgan fingerprint density at radius 1 is 1.18 bits per heavy atom. The lowest BCUT2D eigenvalue weighted by atomic mass is 9.46. The fourth-order valence-electron chi connectivity index (χ4n) is 6.63. The Balaban J connectivity index is 1.63. The van der Waals surface area contributed by atoms with Crippen LogP contribution in [-0.2, 0) is 19.1 Å². The highest BCUT2D eigenvalue weighted by Crippen LogP contribution is 2.68. The summed E-state index contributed by atoms with van der Waals surface area (Å²) in [7, 11) is 0. The zero-order valence-electron chi connectivity index (χ0n) is 17.0. The molecular formula is C24H30O4. The van der Waals surface area contributed by atoms with Gasteiger partial charge < -0.3 is 9.47 Å². The van der Waals surface area contributed by atoms with E-state index < -0.39 is 5.41 Å². The average molecular weight is 383 g/mol. The van der Waals surface area contributed by atoms with E-state index in [1.165, 1.54) is 5.57 Å². The number of cyclic esters (lactones) is 2.